The zero-order chi connectivity index (χ0) is 16.1. The van der Waals surface area contributed by atoms with E-state index >= 15 is 0 Å². The molecule has 2 rings (SSSR count). The van der Waals surface area contributed by atoms with Gasteiger partial charge in [-0.05, 0) is 44.7 Å². The van der Waals surface area contributed by atoms with Crippen molar-refractivity contribution < 1.29 is 0 Å². The van der Waals surface area contributed by atoms with Crippen LogP contribution in [-0.2, 0) is 13.1 Å². The zero-order valence-electron chi connectivity index (χ0n) is 13.6. The Morgan fingerprint density at radius 3 is 2.68 bits per heavy atom. The van der Waals surface area contributed by atoms with E-state index in [1.54, 1.807) is 17.8 Å². The number of nitrogens with one attached hydrogen (secondary N) is 1. The second-order valence-corrected chi connectivity index (χ2v) is 6.55. The van der Waals surface area contributed by atoms with Crippen LogP contribution in [0.5, 0.6) is 0 Å². The predicted octanol–water partition coefficient (Wildman–Crippen LogP) is 3.21. The number of rotatable bonds is 6. The van der Waals surface area contributed by atoms with Crippen LogP contribution in [0.4, 0.5) is 0 Å². The smallest absolute Gasteiger partial charge is 0.251 e. The van der Waals surface area contributed by atoms with E-state index in [4.69, 9.17) is 0 Å². The molecule has 0 aliphatic rings. The maximum Gasteiger partial charge on any atom is 0.251 e. The van der Waals surface area contributed by atoms with Gasteiger partial charge in [-0.1, -0.05) is 12.1 Å². The molecule has 0 atom stereocenters. The molecule has 0 unspecified atom stereocenters. The van der Waals surface area contributed by atoms with Gasteiger partial charge in [-0.15, -0.1) is 11.8 Å². The van der Waals surface area contributed by atoms with E-state index in [0.29, 0.717) is 18.4 Å². The Kier molecular flexibility index (Phi) is 5.80. The third kappa shape index (κ3) is 4.71. The summed E-state index contributed by atoms with van der Waals surface area (Å²) in [4.78, 5) is 22.3. The molecule has 0 radical (unpaired) electrons. The van der Waals surface area contributed by atoms with Crippen LogP contribution in [0.25, 0.3) is 0 Å². The lowest BCUT2D eigenvalue weighted by atomic mass is 10.2. The Morgan fingerprint density at radius 2 is 2.05 bits per heavy atom. The van der Waals surface area contributed by atoms with E-state index < -0.39 is 0 Å². The zero-order valence-corrected chi connectivity index (χ0v) is 14.4. The van der Waals surface area contributed by atoms with E-state index in [9.17, 15) is 4.79 Å². The van der Waals surface area contributed by atoms with E-state index in [0.717, 1.165) is 12.2 Å². The van der Waals surface area contributed by atoms with Gasteiger partial charge < -0.3 is 4.98 Å². The fraction of sp³-hybridized carbons (Fsp3) is 0.412. The number of hydrogen-bond donors (Lipinski definition) is 1. The molecule has 0 aliphatic heterocycles. The first-order chi connectivity index (χ1) is 10.5. The predicted molar refractivity (Wildman–Crippen MR) is 92.2 cm³/mol. The van der Waals surface area contributed by atoms with Gasteiger partial charge in [-0.2, -0.15) is 0 Å². The third-order valence-corrected chi connectivity index (χ3v) is 4.25. The van der Waals surface area contributed by atoms with Crippen molar-refractivity contribution in [2.45, 2.75) is 44.8 Å². The molecule has 22 heavy (non-hydrogen) atoms. The Morgan fingerprint density at radius 1 is 1.27 bits per heavy atom. The normalized spacial score (nSPS) is 11.4. The summed E-state index contributed by atoms with van der Waals surface area (Å²) in [5.41, 5.74) is 2.01. The lowest BCUT2D eigenvalue weighted by Gasteiger charge is -2.26. The fourth-order valence-corrected chi connectivity index (χ4v) is 2.84. The van der Waals surface area contributed by atoms with Gasteiger partial charge in [0.15, 0.2) is 0 Å². The third-order valence-electron chi connectivity index (χ3n) is 3.53. The Bertz CT molecular complexity index is 682. The van der Waals surface area contributed by atoms with Crippen LogP contribution >= 0.6 is 11.8 Å². The number of aromatic nitrogens is 2. The standard InChI is InChI=1S/C17H23N3OS/c1-12(2)20(10-14-6-5-7-16(8-14)22-4)11-15-9-17(21)19-13(3)18-15/h5-9,12H,10-11H2,1-4H3,(H,18,19,21). The molecule has 1 aromatic heterocycles. The average Bonchev–Trinajstić information content (AvgIpc) is 2.45. The second kappa shape index (κ2) is 7.61. The summed E-state index contributed by atoms with van der Waals surface area (Å²) in [6.07, 6.45) is 2.09. The molecule has 2 aromatic rings. The quantitative estimate of drug-likeness (QED) is 0.831. The number of thioether (sulfide) groups is 1. The van der Waals surface area contributed by atoms with Crippen LogP contribution in [0.15, 0.2) is 40.0 Å². The van der Waals surface area contributed by atoms with E-state index in [2.05, 4.69) is 59.2 Å². The van der Waals surface area contributed by atoms with Crippen molar-refractivity contribution in [1.82, 2.24) is 14.9 Å². The molecule has 0 saturated carbocycles. The van der Waals surface area contributed by atoms with E-state index in [1.165, 1.54) is 10.5 Å². The number of aromatic amines is 1. The van der Waals surface area contributed by atoms with Crippen LogP contribution in [0, 0.1) is 6.92 Å². The topological polar surface area (TPSA) is 49.0 Å². The highest BCUT2D eigenvalue weighted by atomic mass is 32.2. The first-order valence-electron chi connectivity index (χ1n) is 7.41. The molecule has 0 spiro atoms. The fourth-order valence-electron chi connectivity index (χ4n) is 2.36. The molecule has 0 bridgehead atoms. The maximum atomic E-state index is 11.6. The molecular formula is C17H23N3OS. The molecule has 1 aromatic carbocycles. The molecule has 0 aliphatic carbocycles. The lowest BCUT2D eigenvalue weighted by molar-refractivity contribution is 0.201. The van der Waals surface area contributed by atoms with Gasteiger partial charge >= 0.3 is 0 Å². The summed E-state index contributed by atoms with van der Waals surface area (Å²) in [6, 6.07) is 10.5. The van der Waals surface area contributed by atoms with E-state index in [-0.39, 0.29) is 5.56 Å². The molecule has 118 valence electrons. The number of H-pyrrole nitrogens is 1. The number of nitrogens with zero attached hydrogens (tertiary/aromatic N) is 2. The average molecular weight is 317 g/mol. The lowest BCUT2D eigenvalue weighted by Crippen LogP contribution is -2.31. The maximum absolute atomic E-state index is 11.6. The first-order valence-corrected chi connectivity index (χ1v) is 8.64. The van der Waals surface area contributed by atoms with Crippen molar-refractivity contribution in [3.63, 3.8) is 0 Å². The summed E-state index contributed by atoms with van der Waals surface area (Å²) in [6.45, 7) is 7.66. The van der Waals surface area contributed by atoms with Crippen LogP contribution in [0.2, 0.25) is 0 Å². The van der Waals surface area contributed by atoms with Crippen molar-refractivity contribution >= 4 is 11.8 Å². The summed E-state index contributed by atoms with van der Waals surface area (Å²) in [7, 11) is 0. The number of aryl methyl sites for hydroxylation is 1. The monoisotopic (exact) mass is 317 g/mol. The first kappa shape index (κ1) is 16.8. The number of benzene rings is 1. The van der Waals surface area contributed by atoms with Gasteiger partial charge in [-0.3, -0.25) is 9.69 Å². The molecule has 1 N–H and O–H groups in total. The van der Waals surface area contributed by atoms with Gasteiger partial charge in [0.1, 0.15) is 5.82 Å². The molecule has 4 nitrogen and oxygen atoms in total. The minimum Gasteiger partial charge on any atom is -0.311 e. The highest BCUT2D eigenvalue weighted by molar-refractivity contribution is 7.98. The van der Waals surface area contributed by atoms with Crippen LogP contribution in [0.1, 0.15) is 30.9 Å². The van der Waals surface area contributed by atoms with Gasteiger partial charge in [0.25, 0.3) is 5.56 Å². The largest absolute Gasteiger partial charge is 0.311 e. The minimum atomic E-state index is -0.0874. The van der Waals surface area contributed by atoms with Crippen molar-refractivity contribution in [3.05, 3.63) is 57.8 Å². The van der Waals surface area contributed by atoms with Crippen LogP contribution < -0.4 is 5.56 Å². The van der Waals surface area contributed by atoms with E-state index in [1.807, 2.05) is 6.92 Å². The van der Waals surface area contributed by atoms with Crippen molar-refractivity contribution in [3.8, 4) is 0 Å². The highest BCUT2D eigenvalue weighted by Crippen LogP contribution is 2.18. The van der Waals surface area contributed by atoms with Gasteiger partial charge in [0.2, 0.25) is 0 Å². The Hall–Kier alpha value is -1.59. The summed E-state index contributed by atoms with van der Waals surface area (Å²) >= 11 is 1.75. The van der Waals surface area contributed by atoms with Crippen LogP contribution in [-0.4, -0.2) is 27.2 Å². The number of hydrogen-bond acceptors (Lipinski definition) is 4. The molecule has 5 heteroatoms. The van der Waals surface area contributed by atoms with Crippen molar-refractivity contribution in [2.24, 2.45) is 0 Å². The van der Waals surface area contributed by atoms with Gasteiger partial charge in [-0.25, -0.2) is 4.98 Å². The highest BCUT2D eigenvalue weighted by Gasteiger charge is 2.13. The second-order valence-electron chi connectivity index (χ2n) is 5.67. The Labute approximate surface area is 136 Å². The molecule has 0 fully saturated rings. The molecule has 1 heterocycles. The van der Waals surface area contributed by atoms with Crippen LogP contribution in [0.3, 0.4) is 0 Å². The van der Waals surface area contributed by atoms with Crippen molar-refractivity contribution in [2.75, 3.05) is 6.26 Å². The summed E-state index contributed by atoms with van der Waals surface area (Å²) in [5, 5.41) is 0. The summed E-state index contributed by atoms with van der Waals surface area (Å²) in [5.74, 6) is 0.663. The summed E-state index contributed by atoms with van der Waals surface area (Å²) < 4.78 is 0. The SMILES string of the molecule is CSc1cccc(CN(Cc2cc(=O)[nH]c(C)n2)C(C)C)c1. The van der Waals surface area contributed by atoms with Gasteiger partial charge in [0.05, 0.1) is 5.69 Å². The van der Waals surface area contributed by atoms with Crippen molar-refractivity contribution in [1.29, 1.82) is 0 Å². The molecule has 0 amide bonds. The Balaban J connectivity index is 2.17. The minimum absolute atomic E-state index is 0.0874. The van der Waals surface area contributed by atoms with Gasteiger partial charge in [0, 0.05) is 30.1 Å². The molecule has 0 saturated heterocycles. The molecular weight excluding hydrogens is 294 g/mol.